The van der Waals surface area contributed by atoms with Crippen molar-refractivity contribution in [1.82, 2.24) is 10.2 Å². The minimum absolute atomic E-state index is 0.678. The van der Waals surface area contributed by atoms with Crippen molar-refractivity contribution in [3.8, 4) is 0 Å². The van der Waals surface area contributed by atoms with Crippen molar-refractivity contribution >= 4 is 23.2 Å². The highest BCUT2D eigenvalue weighted by Gasteiger charge is 2.01. The van der Waals surface area contributed by atoms with Gasteiger partial charge in [-0.25, -0.2) is 0 Å². The van der Waals surface area contributed by atoms with Gasteiger partial charge in [-0.3, -0.25) is 0 Å². The van der Waals surface area contributed by atoms with Crippen molar-refractivity contribution in [2.45, 2.75) is 0 Å². The van der Waals surface area contributed by atoms with Crippen LogP contribution in [0.15, 0.2) is 24.3 Å². The quantitative estimate of drug-likeness (QED) is 0.757. The molecule has 1 fully saturated rings. The number of piperazine rings is 1. The summed E-state index contributed by atoms with van der Waals surface area (Å²) in [6.07, 6.45) is 0. The third-order valence-electron chi connectivity index (χ3n) is 2.13. The van der Waals surface area contributed by atoms with Crippen molar-refractivity contribution < 1.29 is 0 Å². The van der Waals surface area contributed by atoms with Crippen molar-refractivity contribution in [2.75, 3.05) is 33.2 Å². The number of hydrogen-bond donors (Lipinski definition) is 1. The lowest BCUT2D eigenvalue weighted by Gasteiger charge is -2.21. The largest absolute Gasteiger partial charge is 0.314 e. The van der Waals surface area contributed by atoms with E-state index in [4.69, 9.17) is 23.2 Å². The molecule has 1 aromatic rings. The Hall–Kier alpha value is -0.280. The SMILES string of the molecule is CN1CCNCC1.Clc1cccc(Cl)c1. The van der Waals surface area contributed by atoms with E-state index < -0.39 is 0 Å². The molecule has 0 atom stereocenters. The van der Waals surface area contributed by atoms with Crippen molar-refractivity contribution in [3.63, 3.8) is 0 Å². The molecule has 0 saturated carbocycles. The second kappa shape index (κ2) is 7.07. The van der Waals surface area contributed by atoms with Gasteiger partial charge in [0.1, 0.15) is 0 Å². The fourth-order valence-electron chi connectivity index (χ4n) is 1.24. The van der Waals surface area contributed by atoms with Crippen molar-refractivity contribution in [1.29, 1.82) is 0 Å². The minimum atomic E-state index is 0.678. The van der Waals surface area contributed by atoms with Gasteiger partial charge >= 0.3 is 0 Å². The van der Waals surface area contributed by atoms with Crippen molar-refractivity contribution in [3.05, 3.63) is 34.3 Å². The van der Waals surface area contributed by atoms with Crippen LogP contribution in [0.25, 0.3) is 0 Å². The van der Waals surface area contributed by atoms with Gasteiger partial charge in [0.2, 0.25) is 0 Å². The summed E-state index contributed by atoms with van der Waals surface area (Å²) in [5.74, 6) is 0. The first kappa shape index (κ1) is 12.8. The van der Waals surface area contributed by atoms with Crippen LogP contribution in [0.4, 0.5) is 0 Å². The number of nitrogens with one attached hydrogen (secondary N) is 1. The number of rotatable bonds is 0. The van der Waals surface area contributed by atoms with E-state index >= 15 is 0 Å². The Morgan fingerprint density at radius 3 is 1.93 bits per heavy atom. The highest BCUT2D eigenvalue weighted by molar-refractivity contribution is 6.34. The molecule has 0 bridgehead atoms. The molecular weight excluding hydrogens is 231 g/mol. The van der Waals surface area contributed by atoms with Gasteiger partial charge in [0, 0.05) is 36.2 Å². The Labute approximate surface area is 101 Å². The third kappa shape index (κ3) is 6.00. The summed E-state index contributed by atoms with van der Waals surface area (Å²) in [5.41, 5.74) is 0. The van der Waals surface area contributed by atoms with Gasteiger partial charge in [-0.2, -0.15) is 0 Å². The number of halogens is 2. The van der Waals surface area contributed by atoms with E-state index in [1.54, 1.807) is 18.2 Å². The van der Waals surface area contributed by atoms with Crippen LogP contribution < -0.4 is 5.32 Å². The van der Waals surface area contributed by atoms with E-state index in [2.05, 4.69) is 17.3 Å². The minimum Gasteiger partial charge on any atom is -0.314 e. The zero-order chi connectivity index (χ0) is 11.1. The number of hydrogen-bond acceptors (Lipinski definition) is 2. The summed E-state index contributed by atoms with van der Waals surface area (Å²) in [6, 6.07) is 7.08. The van der Waals surface area contributed by atoms with E-state index in [-0.39, 0.29) is 0 Å². The first-order chi connectivity index (χ1) is 7.18. The molecule has 0 aliphatic carbocycles. The molecule has 0 spiro atoms. The topological polar surface area (TPSA) is 15.3 Å². The fraction of sp³-hybridized carbons (Fsp3) is 0.455. The lowest BCUT2D eigenvalue weighted by Crippen LogP contribution is -2.40. The summed E-state index contributed by atoms with van der Waals surface area (Å²) >= 11 is 11.1. The van der Waals surface area contributed by atoms with E-state index in [0.717, 1.165) is 13.1 Å². The maximum absolute atomic E-state index is 5.56. The molecule has 1 aliphatic rings. The molecule has 0 radical (unpaired) electrons. The normalized spacial score (nSPS) is 16.7. The monoisotopic (exact) mass is 246 g/mol. The molecule has 2 rings (SSSR count). The molecular formula is C11H16Cl2N2. The highest BCUT2D eigenvalue weighted by Crippen LogP contribution is 2.13. The van der Waals surface area contributed by atoms with Crippen LogP contribution >= 0.6 is 23.2 Å². The zero-order valence-electron chi connectivity index (χ0n) is 8.84. The van der Waals surface area contributed by atoms with Crippen LogP contribution in [0.3, 0.4) is 0 Å². The second-order valence-electron chi connectivity index (χ2n) is 3.49. The van der Waals surface area contributed by atoms with Gasteiger partial charge in [0.25, 0.3) is 0 Å². The average Bonchev–Trinajstić information content (AvgIpc) is 2.19. The third-order valence-corrected chi connectivity index (χ3v) is 2.60. The first-order valence-electron chi connectivity index (χ1n) is 4.99. The summed E-state index contributed by atoms with van der Waals surface area (Å²) < 4.78 is 0. The Morgan fingerprint density at radius 1 is 1.13 bits per heavy atom. The predicted molar refractivity (Wildman–Crippen MR) is 66.8 cm³/mol. The first-order valence-corrected chi connectivity index (χ1v) is 5.74. The molecule has 0 unspecified atom stereocenters. The van der Waals surface area contributed by atoms with Gasteiger partial charge in [0.15, 0.2) is 0 Å². The molecule has 15 heavy (non-hydrogen) atoms. The highest BCUT2D eigenvalue weighted by atomic mass is 35.5. The Balaban J connectivity index is 0.000000151. The molecule has 0 amide bonds. The summed E-state index contributed by atoms with van der Waals surface area (Å²) in [4.78, 5) is 2.33. The maximum Gasteiger partial charge on any atom is 0.0420 e. The van der Waals surface area contributed by atoms with E-state index in [1.165, 1.54) is 13.1 Å². The van der Waals surface area contributed by atoms with Crippen LogP contribution in [-0.2, 0) is 0 Å². The lowest BCUT2D eigenvalue weighted by atomic mass is 10.4. The molecule has 4 heteroatoms. The second-order valence-corrected chi connectivity index (χ2v) is 4.37. The predicted octanol–water partition coefficient (Wildman–Crippen LogP) is 2.51. The molecule has 1 aromatic carbocycles. The van der Waals surface area contributed by atoms with Crippen LogP contribution in [0.2, 0.25) is 10.0 Å². The van der Waals surface area contributed by atoms with Crippen LogP contribution in [0, 0.1) is 0 Å². The number of benzene rings is 1. The van der Waals surface area contributed by atoms with E-state index in [1.807, 2.05) is 6.07 Å². The van der Waals surface area contributed by atoms with Gasteiger partial charge in [-0.15, -0.1) is 0 Å². The molecule has 1 N–H and O–H groups in total. The molecule has 1 heterocycles. The summed E-state index contributed by atoms with van der Waals surface area (Å²) in [7, 11) is 2.15. The summed E-state index contributed by atoms with van der Waals surface area (Å²) in [6.45, 7) is 4.74. The standard InChI is InChI=1S/C6H4Cl2.C5H12N2/c7-5-2-1-3-6(8)4-5;1-7-4-2-6-3-5-7/h1-4H;6H,2-5H2,1H3. The van der Waals surface area contributed by atoms with Gasteiger partial charge in [-0.1, -0.05) is 29.3 Å². The molecule has 1 aliphatic heterocycles. The lowest BCUT2D eigenvalue weighted by molar-refractivity contribution is 0.291. The van der Waals surface area contributed by atoms with Gasteiger partial charge < -0.3 is 10.2 Å². The van der Waals surface area contributed by atoms with E-state index in [0.29, 0.717) is 10.0 Å². The Kier molecular flexibility index (Phi) is 6.03. The number of likely N-dealkylation sites (N-methyl/N-ethyl adjacent to an activating group) is 1. The van der Waals surface area contributed by atoms with Crippen LogP contribution in [0.1, 0.15) is 0 Å². The van der Waals surface area contributed by atoms with Crippen molar-refractivity contribution in [2.24, 2.45) is 0 Å². The van der Waals surface area contributed by atoms with Gasteiger partial charge in [0.05, 0.1) is 0 Å². The number of nitrogens with zero attached hydrogens (tertiary/aromatic N) is 1. The Morgan fingerprint density at radius 2 is 1.67 bits per heavy atom. The molecule has 2 nitrogen and oxygen atoms in total. The average molecular weight is 247 g/mol. The summed E-state index contributed by atoms with van der Waals surface area (Å²) in [5, 5.41) is 4.63. The smallest absolute Gasteiger partial charge is 0.0420 e. The van der Waals surface area contributed by atoms with Crippen LogP contribution in [0.5, 0.6) is 0 Å². The fourth-order valence-corrected chi connectivity index (χ4v) is 1.67. The van der Waals surface area contributed by atoms with E-state index in [9.17, 15) is 0 Å². The van der Waals surface area contributed by atoms with Gasteiger partial charge in [-0.05, 0) is 25.2 Å². The Bertz CT molecular complexity index is 268. The van der Waals surface area contributed by atoms with Crippen LogP contribution in [-0.4, -0.2) is 38.1 Å². The maximum atomic E-state index is 5.56. The molecule has 84 valence electrons. The zero-order valence-corrected chi connectivity index (χ0v) is 10.4. The molecule has 0 aromatic heterocycles. The molecule has 1 saturated heterocycles.